The van der Waals surface area contributed by atoms with E-state index >= 15 is 0 Å². The molecule has 0 saturated heterocycles. The highest BCUT2D eigenvalue weighted by Crippen LogP contribution is 2.30. The summed E-state index contributed by atoms with van der Waals surface area (Å²) in [5.74, 6) is 0.235. The van der Waals surface area contributed by atoms with E-state index in [-0.39, 0.29) is 16.8 Å². The van der Waals surface area contributed by atoms with Gasteiger partial charge in [-0.05, 0) is 17.7 Å². The second kappa shape index (κ2) is 4.95. The third-order valence-electron chi connectivity index (χ3n) is 2.95. The van der Waals surface area contributed by atoms with Crippen molar-refractivity contribution >= 4 is 34.0 Å². The van der Waals surface area contributed by atoms with Gasteiger partial charge in [0.1, 0.15) is 11.3 Å². The first-order valence-electron chi connectivity index (χ1n) is 5.89. The van der Waals surface area contributed by atoms with E-state index in [1.165, 1.54) is 12.1 Å². The summed E-state index contributed by atoms with van der Waals surface area (Å²) in [6, 6.07) is 7.79. The van der Waals surface area contributed by atoms with Gasteiger partial charge in [-0.3, -0.25) is 15.1 Å². The minimum Gasteiger partial charge on any atom is -0.383 e. The minimum atomic E-state index is -0.467. The first kappa shape index (κ1) is 13.2. The molecule has 2 N–H and O–H groups in total. The molecule has 0 spiro atoms. The summed E-state index contributed by atoms with van der Waals surface area (Å²) < 4.78 is 0. The van der Waals surface area contributed by atoms with Crippen molar-refractivity contribution in [1.29, 1.82) is 0 Å². The number of benzene rings is 1. The van der Waals surface area contributed by atoms with Gasteiger partial charge in [0.15, 0.2) is 0 Å². The van der Waals surface area contributed by atoms with Crippen molar-refractivity contribution in [3.8, 4) is 11.3 Å². The molecular formula is C13H8ClN5O2. The van der Waals surface area contributed by atoms with E-state index < -0.39 is 4.92 Å². The van der Waals surface area contributed by atoms with Crippen molar-refractivity contribution in [3.05, 3.63) is 51.9 Å². The number of nitrogen functional groups attached to an aromatic ring is 1. The zero-order chi connectivity index (χ0) is 15.0. The number of fused-ring (bicyclic) bond motifs is 1. The van der Waals surface area contributed by atoms with Crippen molar-refractivity contribution in [2.45, 2.75) is 0 Å². The molecule has 2 heterocycles. The lowest BCUT2D eigenvalue weighted by Gasteiger charge is -2.06. The highest BCUT2D eigenvalue weighted by Gasteiger charge is 2.13. The molecule has 0 saturated carbocycles. The number of halogens is 1. The molecule has 3 aromatic rings. The van der Waals surface area contributed by atoms with Crippen LogP contribution in [0.25, 0.3) is 22.2 Å². The number of hydrogen-bond acceptors (Lipinski definition) is 6. The molecular weight excluding hydrogens is 294 g/mol. The molecule has 0 fully saturated rings. The van der Waals surface area contributed by atoms with E-state index in [2.05, 4.69) is 15.0 Å². The first-order chi connectivity index (χ1) is 10.1. The van der Waals surface area contributed by atoms with Crippen LogP contribution in [0.2, 0.25) is 5.28 Å². The van der Waals surface area contributed by atoms with Crippen LogP contribution in [0.5, 0.6) is 0 Å². The van der Waals surface area contributed by atoms with Gasteiger partial charge in [0.2, 0.25) is 5.28 Å². The zero-order valence-electron chi connectivity index (χ0n) is 10.5. The SMILES string of the molecule is Nc1nc(Cl)nc2c(-c3cccc([N+](=O)[O-])c3)nccc12. The summed E-state index contributed by atoms with van der Waals surface area (Å²) in [5.41, 5.74) is 7.26. The van der Waals surface area contributed by atoms with E-state index in [0.717, 1.165) is 0 Å². The van der Waals surface area contributed by atoms with Gasteiger partial charge in [0, 0.05) is 29.3 Å². The van der Waals surface area contributed by atoms with Gasteiger partial charge in [-0.2, -0.15) is 0 Å². The van der Waals surface area contributed by atoms with Crippen molar-refractivity contribution in [2.75, 3.05) is 5.73 Å². The van der Waals surface area contributed by atoms with Crippen LogP contribution in [-0.2, 0) is 0 Å². The smallest absolute Gasteiger partial charge is 0.270 e. The normalized spacial score (nSPS) is 10.7. The summed E-state index contributed by atoms with van der Waals surface area (Å²) in [4.78, 5) is 22.6. The molecule has 2 aromatic heterocycles. The predicted octanol–water partition coefficient (Wildman–Crippen LogP) is 2.84. The Hall–Kier alpha value is -2.80. The molecule has 1 aromatic carbocycles. The average molecular weight is 302 g/mol. The van der Waals surface area contributed by atoms with E-state index in [9.17, 15) is 10.1 Å². The van der Waals surface area contributed by atoms with Gasteiger partial charge in [0.25, 0.3) is 5.69 Å². The van der Waals surface area contributed by atoms with Crippen molar-refractivity contribution in [2.24, 2.45) is 0 Å². The van der Waals surface area contributed by atoms with Crippen LogP contribution < -0.4 is 5.73 Å². The first-order valence-corrected chi connectivity index (χ1v) is 6.26. The van der Waals surface area contributed by atoms with Crippen molar-refractivity contribution < 1.29 is 4.92 Å². The molecule has 0 aliphatic rings. The number of nitrogens with two attached hydrogens (primary N) is 1. The molecule has 0 bridgehead atoms. The van der Waals surface area contributed by atoms with Crippen LogP contribution in [0, 0.1) is 10.1 Å². The largest absolute Gasteiger partial charge is 0.383 e. The lowest BCUT2D eigenvalue weighted by atomic mass is 10.1. The summed E-state index contributed by atoms with van der Waals surface area (Å²) in [7, 11) is 0. The minimum absolute atomic E-state index is 0.000296. The van der Waals surface area contributed by atoms with E-state index in [1.807, 2.05) is 0 Å². The van der Waals surface area contributed by atoms with Crippen LogP contribution >= 0.6 is 11.6 Å². The number of rotatable bonds is 2. The quantitative estimate of drug-likeness (QED) is 0.443. The van der Waals surface area contributed by atoms with Gasteiger partial charge in [-0.15, -0.1) is 0 Å². The highest BCUT2D eigenvalue weighted by molar-refractivity contribution is 6.29. The highest BCUT2D eigenvalue weighted by atomic mass is 35.5. The number of pyridine rings is 1. The van der Waals surface area contributed by atoms with E-state index in [4.69, 9.17) is 17.3 Å². The molecule has 0 unspecified atom stereocenters. The maximum absolute atomic E-state index is 10.9. The maximum atomic E-state index is 10.9. The van der Waals surface area contributed by atoms with Crippen LogP contribution in [0.4, 0.5) is 11.5 Å². The fourth-order valence-corrected chi connectivity index (χ4v) is 2.20. The van der Waals surface area contributed by atoms with Gasteiger partial charge in [-0.25, -0.2) is 9.97 Å². The predicted molar refractivity (Wildman–Crippen MR) is 78.8 cm³/mol. The van der Waals surface area contributed by atoms with Gasteiger partial charge in [-0.1, -0.05) is 12.1 Å². The number of nitrogens with zero attached hydrogens (tertiary/aromatic N) is 4. The Balaban J connectivity index is 2.30. The van der Waals surface area contributed by atoms with Gasteiger partial charge >= 0.3 is 0 Å². The Morgan fingerprint density at radius 1 is 1.24 bits per heavy atom. The van der Waals surface area contributed by atoms with Crippen LogP contribution in [0.3, 0.4) is 0 Å². The van der Waals surface area contributed by atoms with E-state index in [0.29, 0.717) is 22.2 Å². The molecule has 0 amide bonds. The van der Waals surface area contributed by atoms with Crippen LogP contribution in [-0.4, -0.2) is 19.9 Å². The molecule has 3 rings (SSSR count). The second-order valence-corrected chi connectivity index (χ2v) is 4.58. The second-order valence-electron chi connectivity index (χ2n) is 4.24. The number of nitro benzene ring substituents is 1. The van der Waals surface area contributed by atoms with Gasteiger partial charge < -0.3 is 5.73 Å². The summed E-state index contributed by atoms with van der Waals surface area (Å²) in [6.45, 7) is 0. The molecule has 7 nitrogen and oxygen atoms in total. The fraction of sp³-hybridized carbons (Fsp3) is 0. The molecule has 0 radical (unpaired) electrons. The monoisotopic (exact) mass is 301 g/mol. The summed E-state index contributed by atoms with van der Waals surface area (Å²) in [5, 5.41) is 11.5. The molecule has 21 heavy (non-hydrogen) atoms. The molecule has 0 aliphatic carbocycles. The average Bonchev–Trinajstić information content (AvgIpc) is 2.46. The zero-order valence-corrected chi connectivity index (χ0v) is 11.3. The topological polar surface area (TPSA) is 108 Å². The Bertz CT molecular complexity index is 868. The van der Waals surface area contributed by atoms with Crippen LogP contribution in [0.15, 0.2) is 36.5 Å². The third-order valence-corrected chi connectivity index (χ3v) is 3.12. The van der Waals surface area contributed by atoms with Gasteiger partial charge in [0.05, 0.1) is 10.6 Å². The van der Waals surface area contributed by atoms with Crippen molar-refractivity contribution in [3.63, 3.8) is 0 Å². The third kappa shape index (κ3) is 2.34. The Morgan fingerprint density at radius 3 is 2.81 bits per heavy atom. The number of hydrogen-bond donors (Lipinski definition) is 1. The lowest BCUT2D eigenvalue weighted by Crippen LogP contribution is -1.98. The maximum Gasteiger partial charge on any atom is 0.270 e. The summed E-state index contributed by atoms with van der Waals surface area (Å²) in [6.07, 6.45) is 1.55. The number of aromatic nitrogens is 3. The number of non-ortho nitro benzene ring substituents is 1. The molecule has 104 valence electrons. The van der Waals surface area contributed by atoms with Crippen molar-refractivity contribution in [1.82, 2.24) is 15.0 Å². The number of nitro groups is 1. The fourth-order valence-electron chi connectivity index (χ4n) is 2.03. The Kier molecular flexibility index (Phi) is 3.11. The summed E-state index contributed by atoms with van der Waals surface area (Å²) >= 11 is 5.83. The van der Waals surface area contributed by atoms with Crippen LogP contribution in [0.1, 0.15) is 0 Å². The standard InChI is InChI=1S/C13H8ClN5O2/c14-13-17-11-9(12(15)18-13)4-5-16-10(11)7-2-1-3-8(6-7)19(20)21/h1-6H,(H2,15,17,18). The molecule has 8 heteroatoms. The molecule has 0 atom stereocenters. The Morgan fingerprint density at radius 2 is 2.05 bits per heavy atom. The lowest BCUT2D eigenvalue weighted by molar-refractivity contribution is -0.384. The Labute approximate surface area is 123 Å². The van der Waals surface area contributed by atoms with E-state index in [1.54, 1.807) is 24.4 Å². The number of anilines is 1. The molecule has 0 aliphatic heterocycles.